The van der Waals surface area contributed by atoms with E-state index in [9.17, 15) is 4.79 Å². The first-order chi connectivity index (χ1) is 5.34. The number of aromatic nitrogens is 2. The Morgan fingerprint density at radius 3 is 3.18 bits per heavy atom. The van der Waals surface area contributed by atoms with E-state index in [1.165, 1.54) is 4.68 Å². The minimum atomic E-state index is 0.00102. The average Bonchev–Trinajstić information content (AvgIpc) is 2.37. The van der Waals surface area contributed by atoms with Gasteiger partial charge in [0.25, 0.3) is 0 Å². The molecule has 0 aliphatic rings. The van der Waals surface area contributed by atoms with Gasteiger partial charge >= 0.3 is 4.87 Å². The molecule has 0 saturated carbocycles. The van der Waals surface area contributed by atoms with Crippen LogP contribution in [0.2, 0.25) is 0 Å². The molecule has 4 nitrogen and oxygen atoms in total. The van der Waals surface area contributed by atoms with Gasteiger partial charge in [-0.3, -0.25) is 4.79 Å². The molecule has 11 heavy (non-hydrogen) atoms. The Bertz CT molecular complexity index is 255. The van der Waals surface area contributed by atoms with Crippen LogP contribution in [0.1, 0.15) is 6.42 Å². The van der Waals surface area contributed by atoms with Crippen LogP contribution < -0.4 is 4.87 Å². The van der Waals surface area contributed by atoms with Gasteiger partial charge in [-0.05, 0) is 6.42 Å². The molecule has 0 aliphatic carbocycles. The van der Waals surface area contributed by atoms with Crippen LogP contribution in [0.5, 0.6) is 0 Å². The third kappa shape index (κ3) is 2.44. The Balaban J connectivity index is 2.39. The monoisotopic (exact) mass is 174 g/mol. The minimum absolute atomic E-state index is 0.00102. The number of hydrogen-bond acceptors (Lipinski definition) is 4. The van der Waals surface area contributed by atoms with Gasteiger partial charge in [-0.25, -0.2) is 4.68 Å². The number of hydrogen-bond donors (Lipinski definition) is 0. The molecule has 5 heteroatoms. The topological polar surface area (TPSA) is 44.1 Å². The van der Waals surface area contributed by atoms with E-state index in [0.717, 1.165) is 17.8 Å². The quantitative estimate of drug-likeness (QED) is 0.618. The van der Waals surface area contributed by atoms with Crippen molar-refractivity contribution in [2.45, 2.75) is 13.0 Å². The van der Waals surface area contributed by atoms with Gasteiger partial charge in [0, 0.05) is 20.3 Å². The Morgan fingerprint density at radius 1 is 1.82 bits per heavy atom. The highest BCUT2D eigenvalue weighted by atomic mass is 32.1. The van der Waals surface area contributed by atoms with E-state index >= 15 is 0 Å². The molecule has 0 radical (unpaired) electrons. The van der Waals surface area contributed by atoms with E-state index in [-0.39, 0.29) is 4.87 Å². The van der Waals surface area contributed by atoms with Gasteiger partial charge in [-0.15, -0.1) is 0 Å². The van der Waals surface area contributed by atoms with Gasteiger partial charge in [0.15, 0.2) is 0 Å². The minimum Gasteiger partial charge on any atom is -0.385 e. The van der Waals surface area contributed by atoms with Gasteiger partial charge in [0.05, 0.1) is 0 Å². The fourth-order valence-electron chi connectivity index (χ4n) is 0.741. The second-order valence-electron chi connectivity index (χ2n) is 2.07. The van der Waals surface area contributed by atoms with Crippen molar-refractivity contribution in [2.24, 2.45) is 0 Å². The Labute approximate surface area is 68.4 Å². The van der Waals surface area contributed by atoms with Crippen molar-refractivity contribution < 1.29 is 4.74 Å². The summed E-state index contributed by atoms with van der Waals surface area (Å²) in [5, 5.41) is 3.85. The summed E-state index contributed by atoms with van der Waals surface area (Å²) >= 11 is 1.12. The highest BCUT2D eigenvalue weighted by molar-refractivity contribution is 7.06. The van der Waals surface area contributed by atoms with Crippen LogP contribution in [0.25, 0.3) is 0 Å². The predicted octanol–water partition coefficient (Wildman–Crippen LogP) is 0.341. The molecule has 1 aromatic heterocycles. The highest BCUT2D eigenvalue weighted by Crippen LogP contribution is 1.87. The zero-order chi connectivity index (χ0) is 8.10. The molecule has 0 amide bonds. The third-order valence-corrected chi connectivity index (χ3v) is 1.88. The van der Waals surface area contributed by atoms with Gasteiger partial charge in [0.1, 0.15) is 5.51 Å². The lowest BCUT2D eigenvalue weighted by Crippen LogP contribution is -2.15. The van der Waals surface area contributed by atoms with Gasteiger partial charge in [-0.2, -0.15) is 5.10 Å². The van der Waals surface area contributed by atoms with Gasteiger partial charge in [-0.1, -0.05) is 11.3 Å². The van der Waals surface area contributed by atoms with E-state index < -0.39 is 0 Å². The van der Waals surface area contributed by atoms with Crippen LogP contribution >= 0.6 is 11.3 Å². The largest absolute Gasteiger partial charge is 0.385 e. The molecule has 0 aliphatic heterocycles. The molecule has 62 valence electrons. The molecule has 0 aromatic carbocycles. The van der Waals surface area contributed by atoms with Crippen molar-refractivity contribution in [3.8, 4) is 0 Å². The predicted molar refractivity (Wildman–Crippen MR) is 42.9 cm³/mol. The summed E-state index contributed by atoms with van der Waals surface area (Å²) in [6.07, 6.45) is 0.833. The van der Waals surface area contributed by atoms with Crippen molar-refractivity contribution in [1.82, 2.24) is 9.78 Å². The summed E-state index contributed by atoms with van der Waals surface area (Å²) in [7, 11) is 1.64. The first kappa shape index (κ1) is 8.42. The first-order valence-corrected chi connectivity index (χ1v) is 4.22. The molecule has 1 heterocycles. The van der Waals surface area contributed by atoms with Crippen molar-refractivity contribution in [1.29, 1.82) is 0 Å². The second kappa shape index (κ2) is 4.25. The van der Waals surface area contributed by atoms with E-state index in [1.807, 2.05) is 0 Å². The fraction of sp³-hybridized carbons (Fsp3) is 0.667. The summed E-state index contributed by atoms with van der Waals surface area (Å²) in [4.78, 5) is 10.9. The Morgan fingerprint density at radius 2 is 2.64 bits per heavy atom. The maximum Gasteiger partial charge on any atom is 0.324 e. The van der Waals surface area contributed by atoms with Crippen molar-refractivity contribution in [3.05, 3.63) is 15.2 Å². The number of rotatable bonds is 4. The number of nitrogens with zero attached hydrogens (tertiary/aromatic N) is 2. The fourth-order valence-corrected chi connectivity index (χ4v) is 1.25. The standard InChI is InChI=1S/C6H10N2O2S/c1-10-4-2-3-8-6(9)11-5-7-8/h5H,2-4H2,1H3. The molecule has 0 unspecified atom stereocenters. The van der Waals surface area contributed by atoms with Crippen LogP contribution in [0, 0.1) is 0 Å². The summed E-state index contributed by atoms with van der Waals surface area (Å²) in [6, 6.07) is 0. The van der Waals surface area contributed by atoms with Crippen LogP contribution in [0.4, 0.5) is 0 Å². The summed E-state index contributed by atoms with van der Waals surface area (Å²) in [6.45, 7) is 1.32. The lowest BCUT2D eigenvalue weighted by Gasteiger charge is -1.97. The Kier molecular flexibility index (Phi) is 3.25. The molecule has 0 fully saturated rings. The highest BCUT2D eigenvalue weighted by Gasteiger charge is 1.95. The lowest BCUT2D eigenvalue weighted by atomic mass is 10.5. The SMILES string of the molecule is COCCCn1ncsc1=O. The molecule has 0 saturated heterocycles. The van der Waals surface area contributed by atoms with Crippen LogP contribution in [0.3, 0.4) is 0 Å². The van der Waals surface area contributed by atoms with Crippen LogP contribution in [-0.4, -0.2) is 23.5 Å². The number of methoxy groups -OCH3 is 1. The molecular formula is C6H10N2O2S. The lowest BCUT2D eigenvalue weighted by molar-refractivity contribution is 0.188. The van der Waals surface area contributed by atoms with Gasteiger partial charge < -0.3 is 4.74 Å². The summed E-state index contributed by atoms with van der Waals surface area (Å²) < 4.78 is 6.29. The first-order valence-electron chi connectivity index (χ1n) is 3.34. The molecule has 0 bridgehead atoms. The summed E-state index contributed by atoms with van der Waals surface area (Å²) in [5.41, 5.74) is 1.55. The smallest absolute Gasteiger partial charge is 0.324 e. The molecule has 0 N–H and O–H groups in total. The van der Waals surface area contributed by atoms with Gasteiger partial charge in [0.2, 0.25) is 0 Å². The van der Waals surface area contributed by atoms with E-state index in [2.05, 4.69) is 5.10 Å². The average molecular weight is 174 g/mol. The maximum absolute atomic E-state index is 10.9. The second-order valence-corrected chi connectivity index (χ2v) is 2.87. The summed E-state index contributed by atoms with van der Waals surface area (Å²) in [5.74, 6) is 0. The maximum atomic E-state index is 10.9. The zero-order valence-electron chi connectivity index (χ0n) is 6.32. The van der Waals surface area contributed by atoms with E-state index in [1.54, 1.807) is 12.6 Å². The van der Waals surface area contributed by atoms with Crippen molar-refractivity contribution in [3.63, 3.8) is 0 Å². The van der Waals surface area contributed by atoms with Crippen LogP contribution in [0.15, 0.2) is 10.3 Å². The number of ether oxygens (including phenoxy) is 1. The number of aryl methyl sites for hydroxylation is 1. The molecule has 1 aromatic rings. The van der Waals surface area contributed by atoms with Crippen molar-refractivity contribution >= 4 is 11.3 Å². The van der Waals surface area contributed by atoms with E-state index in [0.29, 0.717) is 13.2 Å². The van der Waals surface area contributed by atoms with E-state index in [4.69, 9.17) is 4.74 Å². The normalized spacial score (nSPS) is 10.3. The van der Waals surface area contributed by atoms with Crippen molar-refractivity contribution in [2.75, 3.05) is 13.7 Å². The zero-order valence-corrected chi connectivity index (χ0v) is 7.13. The molecule has 1 rings (SSSR count). The third-order valence-electron chi connectivity index (χ3n) is 1.27. The van der Waals surface area contributed by atoms with Crippen LogP contribution in [-0.2, 0) is 11.3 Å². The molecule has 0 spiro atoms. The molecule has 0 atom stereocenters. The molecular weight excluding hydrogens is 164 g/mol. The Hall–Kier alpha value is -0.680.